The maximum Gasteiger partial charge on any atom is 0.196 e. The highest BCUT2D eigenvalue weighted by Gasteiger charge is 2.25. The minimum absolute atomic E-state index is 0. The molecular formula is C22H28ClNO3S. The summed E-state index contributed by atoms with van der Waals surface area (Å²) in [4.78, 5) is 12.8. The summed E-state index contributed by atoms with van der Waals surface area (Å²) in [5.74, 6) is 0.628. The van der Waals surface area contributed by atoms with Gasteiger partial charge in [-0.05, 0) is 51.1 Å². The predicted octanol–water partition coefficient (Wildman–Crippen LogP) is 1.03. The number of rotatable bonds is 8. The number of hydrogen-bond donors (Lipinski definition) is 1. The molecule has 28 heavy (non-hydrogen) atoms. The van der Waals surface area contributed by atoms with Crippen LogP contribution in [-0.2, 0) is 0 Å². The van der Waals surface area contributed by atoms with Crippen LogP contribution < -0.4 is 22.6 Å². The van der Waals surface area contributed by atoms with Crippen molar-refractivity contribution in [1.29, 1.82) is 0 Å². The van der Waals surface area contributed by atoms with E-state index in [4.69, 9.17) is 4.74 Å². The average molecular weight is 422 g/mol. The second-order valence-corrected chi connectivity index (χ2v) is 8.11. The van der Waals surface area contributed by atoms with Gasteiger partial charge in [-0.3, -0.25) is 4.79 Å². The van der Waals surface area contributed by atoms with Gasteiger partial charge in [0.25, 0.3) is 0 Å². The molecule has 0 bridgehead atoms. The van der Waals surface area contributed by atoms with Gasteiger partial charge in [-0.15, -0.1) is 11.3 Å². The minimum Gasteiger partial charge on any atom is -1.00 e. The van der Waals surface area contributed by atoms with Crippen LogP contribution in [0, 0.1) is 0 Å². The highest BCUT2D eigenvalue weighted by atomic mass is 35.5. The molecule has 1 atom stereocenters. The zero-order valence-electron chi connectivity index (χ0n) is 16.7. The van der Waals surface area contributed by atoms with Crippen LogP contribution in [0.2, 0.25) is 0 Å². The molecule has 1 aromatic heterocycles. The Balaban J connectivity index is 0.00000280. The van der Waals surface area contributed by atoms with Crippen molar-refractivity contribution in [2.24, 2.45) is 0 Å². The van der Waals surface area contributed by atoms with E-state index in [0.29, 0.717) is 17.7 Å². The lowest BCUT2D eigenvalue weighted by molar-refractivity contribution is -0.926. The number of likely N-dealkylation sites (N-methyl/N-ethyl adjacent to an activating group) is 1. The molecule has 3 aromatic rings. The van der Waals surface area contributed by atoms with Crippen LogP contribution in [-0.4, -0.2) is 48.5 Å². The second-order valence-electron chi connectivity index (χ2n) is 7.02. The van der Waals surface area contributed by atoms with Gasteiger partial charge in [-0.25, -0.2) is 0 Å². The fraction of sp³-hybridized carbons (Fsp3) is 0.409. The zero-order chi connectivity index (χ0) is 19.4. The van der Waals surface area contributed by atoms with Crippen molar-refractivity contribution in [3.8, 4) is 5.75 Å². The standard InChI is InChI=1S/C22H28NO3S.ClH/c1-4-23(5-2,6-3)14-16(24)15-26-17-11-12-21-19(13-17)22(25)18-9-7-8-10-20(18)27-21;/h7-13,16,24H,4-6,14-15H2,1-3H3;1H/q+1;/p-1. The second kappa shape index (κ2) is 9.70. The lowest BCUT2D eigenvalue weighted by Gasteiger charge is -2.37. The van der Waals surface area contributed by atoms with E-state index < -0.39 is 6.10 Å². The molecule has 0 aliphatic carbocycles. The van der Waals surface area contributed by atoms with Crippen molar-refractivity contribution < 1.29 is 26.7 Å². The van der Waals surface area contributed by atoms with Crippen molar-refractivity contribution in [1.82, 2.24) is 0 Å². The third-order valence-electron chi connectivity index (χ3n) is 5.60. The molecule has 4 nitrogen and oxygen atoms in total. The number of halogens is 1. The van der Waals surface area contributed by atoms with Gasteiger partial charge < -0.3 is 26.7 Å². The van der Waals surface area contributed by atoms with E-state index in [1.54, 1.807) is 17.4 Å². The van der Waals surface area contributed by atoms with Gasteiger partial charge in [-0.1, -0.05) is 12.1 Å². The molecule has 2 aromatic carbocycles. The number of benzene rings is 2. The lowest BCUT2D eigenvalue weighted by Crippen LogP contribution is -3.00. The quantitative estimate of drug-likeness (QED) is 0.436. The summed E-state index contributed by atoms with van der Waals surface area (Å²) in [6.07, 6.45) is -0.535. The highest BCUT2D eigenvalue weighted by molar-refractivity contribution is 7.24. The van der Waals surface area contributed by atoms with E-state index in [0.717, 1.165) is 38.9 Å². The summed E-state index contributed by atoms with van der Waals surface area (Å²) < 4.78 is 8.65. The Morgan fingerprint density at radius 1 is 1.00 bits per heavy atom. The monoisotopic (exact) mass is 421 g/mol. The molecule has 0 spiro atoms. The summed E-state index contributed by atoms with van der Waals surface area (Å²) in [6, 6.07) is 13.3. The van der Waals surface area contributed by atoms with Crippen LogP contribution in [0.25, 0.3) is 20.2 Å². The van der Waals surface area contributed by atoms with Crippen LogP contribution in [0.5, 0.6) is 5.75 Å². The first-order valence-corrected chi connectivity index (χ1v) is 10.4. The number of ether oxygens (including phenoxy) is 1. The molecule has 1 N–H and O–H groups in total. The van der Waals surface area contributed by atoms with Crippen molar-refractivity contribution in [2.45, 2.75) is 26.9 Å². The van der Waals surface area contributed by atoms with Crippen LogP contribution in [0.3, 0.4) is 0 Å². The van der Waals surface area contributed by atoms with Gasteiger partial charge in [0.2, 0.25) is 0 Å². The van der Waals surface area contributed by atoms with E-state index >= 15 is 0 Å². The van der Waals surface area contributed by atoms with E-state index in [9.17, 15) is 9.90 Å². The predicted molar refractivity (Wildman–Crippen MR) is 114 cm³/mol. The maximum absolute atomic E-state index is 12.8. The molecule has 3 rings (SSSR count). The fourth-order valence-electron chi connectivity index (χ4n) is 3.62. The van der Waals surface area contributed by atoms with Crippen molar-refractivity contribution in [2.75, 3.05) is 32.8 Å². The van der Waals surface area contributed by atoms with E-state index in [1.165, 1.54) is 0 Å². The Morgan fingerprint density at radius 3 is 2.32 bits per heavy atom. The molecule has 6 heteroatoms. The van der Waals surface area contributed by atoms with Crippen molar-refractivity contribution in [3.05, 3.63) is 52.7 Å². The smallest absolute Gasteiger partial charge is 0.196 e. The average Bonchev–Trinajstić information content (AvgIpc) is 2.71. The van der Waals surface area contributed by atoms with E-state index in [1.807, 2.05) is 36.4 Å². The summed E-state index contributed by atoms with van der Waals surface area (Å²) in [5.41, 5.74) is 0.0315. The molecule has 1 unspecified atom stereocenters. The third-order valence-corrected chi connectivity index (χ3v) is 6.75. The Morgan fingerprint density at radius 2 is 1.64 bits per heavy atom. The molecule has 0 aliphatic heterocycles. The van der Waals surface area contributed by atoms with E-state index in [2.05, 4.69) is 20.8 Å². The minimum atomic E-state index is -0.535. The number of hydrogen-bond acceptors (Lipinski definition) is 4. The highest BCUT2D eigenvalue weighted by Crippen LogP contribution is 2.27. The number of nitrogens with zero attached hydrogens (tertiary/aromatic N) is 1. The van der Waals surface area contributed by atoms with Gasteiger partial charge in [0.05, 0.1) is 19.6 Å². The lowest BCUT2D eigenvalue weighted by atomic mass is 10.2. The first-order valence-electron chi connectivity index (χ1n) is 9.63. The van der Waals surface area contributed by atoms with Gasteiger partial charge in [-0.2, -0.15) is 0 Å². The number of fused-ring (bicyclic) bond motifs is 2. The molecule has 0 radical (unpaired) electrons. The zero-order valence-corrected chi connectivity index (χ0v) is 18.2. The van der Waals surface area contributed by atoms with Crippen LogP contribution >= 0.6 is 11.3 Å². The van der Waals surface area contributed by atoms with Crippen LogP contribution in [0.1, 0.15) is 20.8 Å². The van der Waals surface area contributed by atoms with Gasteiger partial charge in [0.15, 0.2) is 5.43 Å². The first kappa shape index (κ1) is 22.6. The SMILES string of the molecule is CC[N+](CC)(CC)CC(O)COc1ccc2sc3ccccc3c(=O)c2c1.[Cl-]. The Kier molecular flexibility index (Phi) is 7.84. The number of quaternary nitrogens is 1. The van der Waals surface area contributed by atoms with E-state index in [-0.39, 0.29) is 24.4 Å². The Labute approximate surface area is 176 Å². The van der Waals surface area contributed by atoms with Crippen LogP contribution in [0.4, 0.5) is 0 Å². The molecule has 152 valence electrons. The summed E-state index contributed by atoms with van der Waals surface area (Å²) in [6.45, 7) is 10.4. The Hall–Kier alpha value is -1.66. The van der Waals surface area contributed by atoms with Crippen LogP contribution in [0.15, 0.2) is 47.3 Å². The largest absolute Gasteiger partial charge is 1.00 e. The van der Waals surface area contributed by atoms with Gasteiger partial charge in [0, 0.05) is 20.2 Å². The number of aliphatic hydroxyl groups excluding tert-OH is 1. The molecule has 0 aliphatic rings. The molecule has 0 saturated heterocycles. The topological polar surface area (TPSA) is 46.5 Å². The Bertz CT molecular complexity index is 976. The van der Waals surface area contributed by atoms with Gasteiger partial charge in [0.1, 0.15) is 25.0 Å². The number of aliphatic hydroxyl groups is 1. The third kappa shape index (κ3) is 4.66. The van der Waals surface area contributed by atoms with Gasteiger partial charge >= 0.3 is 0 Å². The maximum atomic E-state index is 12.8. The fourth-order valence-corrected chi connectivity index (χ4v) is 4.67. The first-order chi connectivity index (χ1) is 13.0. The summed E-state index contributed by atoms with van der Waals surface area (Å²) in [5, 5.41) is 11.9. The van der Waals surface area contributed by atoms with Crippen molar-refractivity contribution >= 4 is 31.5 Å². The molecule has 1 heterocycles. The molecular weight excluding hydrogens is 394 g/mol. The molecule has 0 saturated carbocycles. The van der Waals surface area contributed by atoms with Crippen molar-refractivity contribution in [3.63, 3.8) is 0 Å². The summed E-state index contributed by atoms with van der Waals surface area (Å²) >= 11 is 1.61. The summed E-state index contributed by atoms with van der Waals surface area (Å²) in [7, 11) is 0. The molecule has 0 fully saturated rings. The normalized spacial score (nSPS) is 12.7. The molecule has 0 amide bonds.